The molecule has 0 spiro atoms. The molecule has 5 rings (SSSR count). The second-order valence-corrected chi connectivity index (χ2v) is 13.1. The first kappa shape index (κ1) is 27.6. The molecule has 1 aromatic heterocycles. The monoisotopic (exact) mass is 578 g/mol. The Hall–Kier alpha value is -2.95. The van der Waals surface area contributed by atoms with Crippen LogP contribution < -0.4 is 5.32 Å². The van der Waals surface area contributed by atoms with Crippen molar-refractivity contribution in [1.29, 1.82) is 0 Å². The largest absolute Gasteiger partial charge is 0.385 e. The Labute approximate surface area is 229 Å². The number of benzene rings is 2. The molecule has 2 aliphatic rings. The van der Waals surface area contributed by atoms with E-state index in [0.29, 0.717) is 18.6 Å². The molecule has 2 unspecified atom stereocenters. The number of carbonyl (C=O) groups excluding carboxylic acids is 1. The molecular formula is C28H26ClF3N2O4S. The maximum atomic E-state index is 13.8. The van der Waals surface area contributed by atoms with Crippen molar-refractivity contribution in [2.24, 2.45) is 17.8 Å². The molecule has 3 aromatic rings. The maximum absolute atomic E-state index is 13.8. The molecule has 0 saturated heterocycles. The molecule has 2 aliphatic carbocycles. The SMILES string of the molecule is Cc1cc([C@@]2(O)C3CC(S(=O)(=O)c4cc(C(=O)Nc5cc(F)c(F)c(F)c5)ccc4Cl)C[C@@H]2[C@@H](C)C3)ccn1. The van der Waals surface area contributed by atoms with Crippen LogP contribution in [-0.4, -0.2) is 29.7 Å². The summed E-state index contributed by atoms with van der Waals surface area (Å²) in [5.74, 6) is -6.02. The van der Waals surface area contributed by atoms with Crippen LogP contribution in [0.4, 0.5) is 18.9 Å². The van der Waals surface area contributed by atoms with E-state index in [2.05, 4.69) is 10.3 Å². The number of fused-ring (bicyclic) bond motifs is 2. The number of rotatable bonds is 5. The van der Waals surface area contributed by atoms with E-state index in [9.17, 15) is 31.5 Å². The van der Waals surface area contributed by atoms with Crippen molar-refractivity contribution < 1.29 is 31.5 Å². The number of halogens is 4. The number of carbonyl (C=O) groups is 1. The molecule has 2 N–H and O–H groups in total. The van der Waals surface area contributed by atoms with Crippen LogP contribution in [0.3, 0.4) is 0 Å². The summed E-state index contributed by atoms with van der Waals surface area (Å²) in [5, 5.41) is 13.2. The fourth-order valence-electron chi connectivity index (χ4n) is 6.28. The molecule has 5 atom stereocenters. The summed E-state index contributed by atoms with van der Waals surface area (Å²) in [7, 11) is -4.04. The van der Waals surface area contributed by atoms with E-state index in [1.54, 1.807) is 12.3 Å². The molecule has 0 aliphatic heterocycles. The smallest absolute Gasteiger partial charge is 0.255 e. The number of aliphatic hydroxyl groups is 1. The first-order valence-corrected chi connectivity index (χ1v) is 14.4. The number of pyridine rings is 1. The van der Waals surface area contributed by atoms with Gasteiger partial charge >= 0.3 is 0 Å². The summed E-state index contributed by atoms with van der Waals surface area (Å²) in [6, 6.07) is 8.53. The van der Waals surface area contributed by atoms with Crippen LogP contribution in [0.15, 0.2) is 53.6 Å². The van der Waals surface area contributed by atoms with Gasteiger partial charge < -0.3 is 10.4 Å². The highest BCUT2D eigenvalue weighted by Gasteiger charge is 2.59. The summed E-state index contributed by atoms with van der Waals surface area (Å²) in [6.45, 7) is 3.85. The molecule has 206 valence electrons. The summed E-state index contributed by atoms with van der Waals surface area (Å²) in [4.78, 5) is 16.8. The Morgan fingerprint density at radius 2 is 1.77 bits per heavy atom. The van der Waals surface area contributed by atoms with Crippen LogP contribution in [0.1, 0.15) is 47.8 Å². The van der Waals surface area contributed by atoms with Crippen LogP contribution in [0.5, 0.6) is 0 Å². The van der Waals surface area contributed by atoms with E-state index in [0.717, 1.165) is 17.3 Å². The van der Waals surface area contributed by atoms with Gasteiger partial charge in [-0.2, -0.15) is 0 Å². The lowest BCUT2D eigenvalue weighted by molar-refractivity contribution is -0.0699. The number of amides is 1. The van der Waals surface area contributed by atoms with E-state index in [1.165, 1.54) is 12.1 Å². The average Bonchev–Trinajstić information content (AvgIpc) is 3.00. The first-order valence-electron chi connectivity index (χ1n) is 12.5. The van der Waals surface area contributed by atoms with Gasteiger partial charge in [0.05, 0.1) is 20.8 Å². The number of sulfone groups is 1. The minimum Gasteiger partial charge on any atom is -0.385 e. The lowest BCUT2D eigenvalue weighted by Gasteiger charge is -2.43. The topological polar surface area (TPSA) is 96.4 Å². The van der Waals surface area contributed by atoms with Crippen molar-refractivity contribution in [1.82, 2.24) is 4.98 Å². The third kappa shape index (κ3) is 4.72. The zero-order valence-corrected chi connectivity index (χ0v) is 22.7. The Morgan fingerprint density at radius 3 is 2.41 bits per heavy atom. The highest BCUT2D eigenvalue weighted by Crippen LogP contribution is 2.59. The van der Waals surface area contributed by atoms with Gasteiger partial charge in [-0.05, 0) is 79.8 Å². The zero-order valence-electron chi connectivity index (χ0n) is 21.1. The molecular weight excluding hydrogens is 553 g/mol. The van der Waals surface area contributed by atoms with Gasteiger partial charge in [0.15, 0.2) is 27.3 Å². The highest BCUT2D eigenvalue weighted by molar-refractivity contribution is 7.92. The third-order valence-electron chi connectivity index (χ3n) is 8.13. The van der Waals surface area contributed by atoms with E-state index >= 15 is 0 Å². The lowest BCUT2D eigenvalue weighted by Crippen LogP contribution is -2.46. The Bertz CT molecular complexity index is 1560. The number of anilines is 1. The van der Waals surface area contributed by atoms with Crippen molar-refractivity contribution in [2.45, 2.75) is 48.9 Å². The fourth-order valence-corrected chi connectivity index (χ4v) is 8.66. The molecule has 2 fully saturated rings. The quantitative estimate of drug-likeness (QED) is 0.373. The first-order chi connectivity index (χ1) is 18.3. The van der Waals surface area contributed by atoms with E-state index < -0.39 is 44.0 Å². The van der Waals surface area contributed by atoms with E-state index in [-0.39, 0.29) is 51.8 Å². The van der Waals surface area contributed by atoms with Crippen LogP contribution in [-0.2, 0) is 15.4 Å². The third-order valence-corrected chi connectivity index (χ3v) is 10.8. The lowest BCUT2D eigenvalue weighted by atomic mass is 9.69. The second kappa shape index (κ2) is 9.91. The predicted molar refractivity (Wildman–Crippen MR) is 140 cm³/mol. The number of hydrogen-bond donors (Lipinski definition) is 2. The van der Waals surface area contributed by atoms with Crippen LogP contribution >= 0.6 is 11.6 Å². The summed E-state index contributed by atoms with van der Waals surface area (Å²) < 4.78 is 68.1. The number of nitrogens with zero attached hydrogens (tertiary/aromatic N) is 1. The molecule has 39 heavy (non-hydrogen) atoms. The van der Waals surface area contributed by atoms with Crippen molar-refractivity contribution in [2.75, 3.05) is 5.32 Å². The van der Waals surface area contributed by atoms with Crippen LogP contribution in [0.2, 0.25) is 5.02 Å². The van der Waals surface area contributed by atoms with Crippen molar-refractivity contribution in [3.05, 3.63) is 88.0 Å². The maximum Gasteiger partial charge on any atom is 0.255 e. The van der Waals surface area contributed by atoms with Gasteiger partial charge in [0.2, 0.25) is 0 Å². The highest BCUT2D eigenvalue weighted by atomic mass is 35.5. The van der Waals surface area contributed by atoms with Gasteiger partial charge in [-0.3, -0.25) is 9.78 Å². The Balaban J connectivity index is 1.43. The van der Waals surface area contributed by atoms with Gasteiger partial charge in [-0.15, -0.1) is 0 Å². The normalized spacial score (nSPS) is 26.4. The summed E-state index contributed by atoms with van der Waals surface area (Å²) >= 11 is 6.30. The van der Waals surface area contributed by atoms with Gasteiger partial charge in [0.25, 0.3) is 5.91 Å². The van der Waals surface area contributed by atoms with Crippen LogP contribution in [0.25, 0.3) is 0 Å². The number of nitrogens with one attached hydrogen (secondary N) is 1. The van der Waals surface area contributed by atoms with E-state index in [4.69, 9.17) is 11.6 Å². The van der Waals surface area contributed by atoms with Gasteiger partial charge in [0, 0.05) is 35.3 Å². The molecule has 0 radical (unpaired) electrons. The Kier molecular flexibility index (Phi) is 7.01. The zero-order chi connectivity index (χ0) is 28.3. The van der Waals surface area contributed by atoms with Crippen molar-refractivity contribution in [3.63, 3.8) is 0 Å². The number of hydrogen-bond acceptors (Lipinski definition) is 5. The summed E-state index contributed by atoms with van der Waals surface area (Å²) in [5.41, 5.74) is -0.130. The number of aryl methyl sites for hydroxylation is 1. The van der Waals surface area contributed by atoms with Crippen molar-refractivity contribution >= 4 is 33.0 Å². The van der Waals surface area contributed by atoms with Gasteiger partial charge in [-0.1, -0.05) is 18.5 Å². The van der Waals surface area contributed by atoms with E-state index in [1.807, 2.05) is 19.9 Å². The van der Waals surface area contributed by atoms with Gasteiger partial charge in [0.1, 0.15) is 0 Å². The molecule has 11 heteroatoms. The predicted octanol–water partition coefficient (Wildman–Crippen LogP) is 5.81. The van der Waals surface area contributed by atoms with Crippen molar-refractivity contribution in [3.8, 4) is 0 Å². The minimum atomic E-state index is -4.04. The number of aromatic nitrogens is 1. The molecule has 2 aromatic carbocycles. The standard InChI is InChI=1S/C28H26ClF3N2O4S/c1-14-7-18-10-20(13-21(14)28(18,36)17-5-6-33-15(2)8-17)39(37,38)25-9-16(3-4-22(25)29)27(35)34-19-11-23(30)26(32)24(31)12-19/h3-6,8-9,11-12,14,18,20-21,36H,7,10,13H2,1-2H3,(H,34,35)/t14-,18?,20?,21+,28+/m0/s1. The fraction of sp³-hybridized carbons (Fsp3) is 0.357. The molecule has 6 nitrogen and oxygen atoms in total. The van der Waals surface area contributed by atoms with Gasteiger partial charge in [-0.25, -0.2) is 21.6 Å². The molecule has 1 amide bonds. The molecule has 2 saturated carbocycles. The van der Waals surface area contributed by atoms with Crippen LogP contribution in [0, 0.1) is 42.1 Å². The second-order valence-electron chi connectivity index (χ2n) is 10.5. The molecule has 1 heterocycles. The minimum absolute atomic E-state index is 0.0728. The Morgan fingerprint density at radius 1 is 1.08 bits per heavy atom. The summed E-state index contributed by atoms with van der Waals surface area (Å²) in [6.07, 6.45) is 2.72. The average molecular weight is 579 g/mol. The molecule has 2 bridgehead atoms.